The molecule has 5 rings (SSSR count). The van der Waals surface area contributed by atoms with Crippen molar-refractivity contribution in [2.24, 2.45) is 23.2 Å². The van der Waals surface area contributed by atoms with Crippen molar-refractivity contribution in [1.82, 2.24) is 9.80 Å². The Bertz CT molecular complexity index is 509. The minimum absolute atomic E-state index is 0.111. The van der Waals surface area contributed by atoms with Crippen LogP contribution in [0.2, 0.25) is 0 Å². The Morgan fingerprint density at radius 3 is 2.24 bits per heavy atom. The number of likely N-dealkylation sites (tertiary alicyclic amines) is 1. The van der Waals surface area contributed by atoms with Gasteiger partial charge in [-0.1, -0.05) is 13.3 Å². The van der Waals surface area contributed by atoms with Gasteiger partial charge in [-0.15, -0.1) is 0 Å². The summed E-state index contributed by atoms with van der Waals surface area (Å²) in [5.74, 6) is 2.84. The predicted molar refractivity (Wildman–Crippen MR) is 97.9 cm³/mol. The first-order chi connectivity index (χ1) is 12.0. The van der Waals surface area contributed by atoms with Crippen LogP contribution in [0.3, 0.4) is 0 Å². The van der Waals surface area contributed by atoms with Crippen molar-refractivity contribution in [1.29, 1.82) is 0 Å². The zero-order valence-corrected chi connectivity index (χ0v) is 16.0. The van der Waals surface area contributed by atoms with E-state index < -0.39 is 0 Å². The third-order valence-corrected chi connectivity index (χ3v) is 7.51. The molecule has 0 aromatic rings. The molecule has 0 N–H and O–H groups in total. The number of carbonyl (C=O) groups is 2. The molecule has 4 saturated carbocycles. The average Bonchev–Trinajstić information content (AvgIpc) is 3.06. The van der Waals surface area contributed by atoms with Gasteiger partial charge in [0.05, 0.1) is 5.41 Å². The molecule has 0 spiro atoms. The first-order valence-corrected chi connectivity index (χ1v) is 10.6. The lowest BCUT2D eigenvalue weighted by Gasteiger charge is -2.56. The molecule has 0 aromatic heterocycles. The van der Waals surface area contributed by atoms with E-state index in [9.17, 15) is 9.59 Å². The summed E-state index contributed by atoms with van der Waals surface area (Å²) < 4.78 is 0. The van der Waals surface area contributed by atoms with E-state index in [-0.39, 0.29) is 17.4 Å². The molecule has 140 valence electrons. The number of likely N-dealkylation sites (N-methyl/N-ethyl adjacent to an activating group) is 1. The van der Waals surface area contributed by atoms with Gasteiger partial charge in [-0.2, -0.15) is 0 Å². The molecule has 1 saturated heterocycles. The van der Waals surface area contributed by atoms with Gasteiger partial charge < -0.3 is 9.80 Å². The SMILES string of the molecule is CCCCN(C)C(=O)C1CCCN1C(=O)C12CC3CC(CC(C3)C1)C2. The van der Waals surface area contributed by atoms with Gasteiger partial charge in [-0.25, -0.2) is 0 Å². The first-order valence-electron chi connectivity index (χ1n) is 10.6. The van der Waals surface area contributed by atoms with Gasteiger partial charge in [-0.3, -0.25) is 9.59 Å². The van der Waals surface area contributed by atoms with Crippen LogP contribution in [0.5, 0.6) is 0 Å². The molecule has 4 aliphatic carbocycles. The second-order valence-electron chi connectivity index (χ2n) is 9.47. The molecule has 5 fully saturated rings. The maximum Gasteiger partial charge on any atom is 0.245 e. The Labute approximate surface area is 152 Å². The number of unbranched alkanes of at least 4 members (excludes halogenated alkanes) is 1. The molecule has 5 aliphatic rings. The van der Waals surface area contributed by atoms with Crippen molar-refractivity contribution >= 4 is 11.8 Å². The van der Waals surface area contributed by atoms with Crippen LogP contribution in [0.4, 0.5) is 0 Å². The van der Waals surface area contributed by atoms with Gasteiger partial charge in [0.2, 0.25) is 11.8 Å². The van der Waals surface area contributed by atoms with Crippen molar-refractivity contribution < 1.29 is 9.59 Å². The quantitative estimate of drug-likeness (QED) is 0.765. The summed E-state index contributed by atoms with van der Waals surface area (Å²) in [5.41, 5.74) is -0.111. The Morgan fingerprint density at radius 2 is 1.68 bits per heavy atom. The molecule has 1 aliphatic heterocycles. The lowest BCUT2D eigenvalue weighted by Crippen LogP contribution is -2.57. The van der Waals surface area contributed by atoms with E-state index in [0.29, 0.717) is 5.91 Å². The van der Waals surface area contributed by atoms with Crippen molar-refractivity contribution in [2.45, 2.75) is 77.2 Å². The van der Waals surface area contributed by atoms with Crippen LogP contribution in [0.15, 0.2) is 0 Å². The Morgan fingerprint density at radius 1 is 1.08 bits per heavy atom. The molecule has 4 bridgehead atoms. The van der Waals surface area contributed by atoms with Gasteiger partial charge in [0.15, 0.2) is 0 Å². The Kier molecular flexibility index (Phi) is 4.57. The Hall–Kier alpha value is -1.06. The van der Waals surface area contributed by atoms with Crippen LogP contribution in [-0.4, -0.2) is 47.8 Å². The molecule has 2 amide bonds. The van der Waals surface area contributed by atoms with Gasteiger partial charge >= 0.3 is 0 Å². The molecular weight excluding hydrogens is 312 g/mol. The van der Waals surface area contributed by atoms with E-state index >= 15 is 0 Å². The summed E-state index contributed by atoms with van der Waals surface area (Å²) in [6.45, 7) is 3.75. The van der Waals surface area contributed by atoms with Crippen LogP contribution >= 0.6 is 0 Å². The smallest absolute Gasteiger partial charge is 0.245 e. The summed E-state index contributed by atoms with van der Waals surface area (Å²) >= 11 is 0. The summed E-state index contributed by atoms with van der Waals surface area (Å²) in [4.78, 5) is 30.4. The molecule has 0 radical (unpaired) electrons. The second kappa shape index (κ2) is 6.59. The maximum absolute atomic E-state index is 13.6. The largest absolute Gasteiger partial charge is 0.344 e. The second-order valence-corrected chi connectivity index (χ2v) is 9.47. The van der Waals surface area contributed by atoms with E-state index in [2.05, 4.69) is 6.92 Å². The molecule has 1 heterocycles. The highest BCUT2D eigenvalue weighted by Crippen LogP contribution is 2.60. The zero-order valence-electron chi connectivity index (χ0n) is 16.0. The van der Waals surface area contributed by atoms with Crippen LogP contribution in [-0.2, 0) is 9.59 Å². The van der Waals surface area contributed by atoms with Crippen LogP contribution < -0.4 is 0 Å². The third-order valence-electron chi connectivity index (χ3n) is 7.51. The summed E-state index contributed by atoms with van der Waals surface area (Å²) in [6, 6.07) is -0.192. The van der Waals surface area contributed by atoms with E-state index in [1.54, 1.807) is 0 Å². The summed E-state index contributed by atoms with van der Waals surface area (Å²) in [6.07, 6.45) is 11.3. The van der Waals surface area contributed by atoms with E-state index in [1.807, 2.05) is 16.8 Å². The fourth-order valence-corrected chi connectivity index (χ4v) is 6.70. The molecule has 0 aromatic carbocycles. The Balaban J connectivity index is 1.48. The zero-order chi connectivity index (χ0) is 17.6. The fraction of sp³-hybridized carbons (Fsp3) is 0.905. The van der Waals surface area contributed by atoms with Crippen molar-refractivity contribution in [2.75, 3.05) is 20.1 Å². The molecular formula is C21H34N2O2. The van der Waals surface area contributed by atoms with Gasteiger partial charge in [0.25, 0.3) is 0 Å². The fourth-order valence-electron chi connectivity index (χ4n) is 6.70. The number of amides is 2. The van der Waals surface area contributed by atoms with E-state index in [4.69, 9.17) is 0 Å². The van der Waals surface area contributed by atoms with Crippen molar-refractivity contribution in [3.63, 3.8) is 0 Å². The van der Waals surface area contributed by atoms with Gasteiger partial charge in [-0.05, 0) is 75.5 Å². The summed E-state index contributed by atoms with van der Waals surface area (Å²) in [5, 5.41) is 0. The van der Waals surface area contributed by atoms with Gasteiger partial charge in [0.1, 0.15) is 6.04 Å². The molecule has 4 nitrogen and oxygen atoms in total. The summed E-state index contributed by atoms with van der Waals surface area (Å²) in [7, 11) is 1.91. The minimum Gasteiger partial charge on any atom is -0.344 e. The van der Waals surface area contributed by atoms with Crippen LogP contribution in [0.1, 0.15) is 71.1 Å². The van der Waals surface area contributed by atoms with E-state index in [1.165, 1.54) is 19.3 Å². The highest BCUT2D eigenvalue weighted by Gasteiger charge is 2.56. The average molecular weight is 347 g/mol. The van der Waals surface area contributed by atoms with E-state index in [0.717, 1.165) is 75.8 Å². The molecule has 25 heavy (non-hydrogen) atoms. The monoisotopic (exact) mass is 346 g/mol. The number of hydrogen-bond donors (Lipinski definition) is 0. The van der Waals surface area contributed by atoms with Crippen molar-refractivity contribution in [3.8, 4) is 0 Å². The highest BCUT2D eigenvalue weighted by atomic mass is 16.2. The standard InChI is InChI=1S/C21H34N2O2/c1-3-4-7-22(2)19(24)18-6-5-8-23(18)20(25)21-12-15-9-16(13-21)11-17(10-15)14-21/h15-18H,3-14H2,1-2H3. The first kappa shape index (κ1) is 17.4. The lowest BCUT2D eigenvalue weighted by molar-refractivity contribution is -0.161. The van der Waals surface area contributed by atoms with Crippen LogP contribution in [0.25, 0.3) is 0 Å². The van der Waals surface area contributed by atoms with Gasteiger partial charge in [0, 0.05) is 20.1 Å². The molecule has 1 atom stereocenters. The van der Waals surface area contributed by atoms with Crippen molar-refractivity contribution in [3.05, 3.63) is 0 Å². The highest BCUT2D eigenvalue weighted by molar-refractivity contribution is 5.91. The minimum atomic E-state index is -0.192. The number of nitrogens with zero attached hydrogens (tertiary/aromatic N) is 2. The maximum atomic E-state index is 13.6. The molecule has 1 unspecified atom stereocenters. The number of carbonyl (C=O) groups excluding carboxylic acids is 2. The third kappa shape index (κ3) is 3.00. The lowest BCUT2D eigenvalue weighted by atomic mass is 9.49. The van der Waals surface area contributed by atoms with Crippen LogP contribution in [0, 0.1) is 23.2 Å². The molecule has 4 heteroatoms. The number of rotatable bonds is 5. The predicted octanol–water partition coefficient (Wildman–Crippen LogP) is 3.45. The number of hydrogen-bond acceptors (Lipinski definition) is 2. The topological polar surface area (TPSA) is 40.6 Å². The normalized spacial score (nSPS) is 39.0.